The summed E-state index contributed by atoms with van der Waals surface area (Å²) in [5.41, 5.74) is 0.248. The van der Waals surface area contributed by atoms with Crippen LogP contribution in [-0.2, 0) is 0 Å². The van der Waals surface area contributed by atoms with E-state index in [2.05, 4.69) is 38.3 Å². The monoisotopic (exact) mass is 170 g/mol. The van der Waals surface area contributed by atoms with Gasteiger partial charge in [0.1, 0.15) is 0 Å². The van der Waals surface area contributed by atoms with Gasteiger partial charge in [0.2, 0.25) is 0 Å². The summed E-state index contributed by atoms with van der Waals surface area (Å²) >= 11 is 0. The largest absolute Gasteiger partial charge is 0.315 e. The van der Waals surface area contributed by atoms with E-state index >= 15 is 0 Å². The number of hydrogen-bond donors (Lipinski definition) is 2. The molecule has 0 spiro atoms. The van der Waals surface area contributed by atoms with Crippen LogP contribution in [0.15, 0.2) is 0 Å². The minimum Gasteiger partial charge on any atom is -0.315 e. The molecule has 72 valence electrons. The Balaban J connectivity index is 2.39. The van der Waals surface area contributed by atoms with Crippen molar-refractivity contribution in [2.45, 2.75) is 45.7 Å². The highest BCUT2D eigenvalue weighted by Gasteiger charge is 2.24. The Morgan fingerprint density at radius 2 is 2.00 bits per heavy atom. The molecule has 12 heavy (non-hydrogen) atoms. The summed E-state index contributed by atoms with van der Waals surface area (Å²) < 4.78 is 0. The van der Waals surface area contributed by atoms with Crippen LogP contribution in [0.2, 0.25) is 0 Å². The average Bonchev–Trinajstić information content (AvgIpc) is 1.91. The first-order chi connectivity index (χ1) is 5.49. The molecule has 0 aliphatic carbocycles. The second kappa shape index (κ2) is 3.75. The lowest BCUT2D eigenvalue weighted by molar-refractivity contribution is 0.244. The van der Waals surface area contributed by atoms with E-state index in [9.17, 15) is 0 Å². The zero-order valence-corrected chi connectivity index (χ0v) is 8.78. The Morgan fingerprint density at radius 1 is 1.33 bits per heavy atom. The van der Waals surface area contributed by atoms with Gasteiger partial charge < -0.3 is 10.6 Å². The SMILES string of the molecule is C[C@H]1CCNC[C@H]1NC(C)(C)C. The standard InChI is InChI=1S/C10H22N2/c1-8-5-6-11-7-9(8)12-10(2,3)4/h8-9,11-12H,5-7H2,1-4H3/t8-,9+/m0/s1. The van der Waals surface area contributed by atoms with Crippen LogP contribution < -0.4 is 10.6 Å². The third-order valence-electron chi connectivity index (χ3n) is 2.45. The van der Waals surface area contributed by atoms with Gasteiger partial charge in [-0.1, -0.05) is 6.92 Å². The van der Waals surface area contributed by atoms with Gasteiger partial charge in [-0.2, -0.15) is 0 Å². The summed E-state index contributed by atoms with van der Waals surface area (Å²) in [5.74, 6) is 0.811. The number of nitrogens with one attached hydrogen (secondary N) is 2. The van der Waals surface area contributed by atoms with E-state index in [1.165, 1.54) is 13.0 Å². The highest BCUT2D eigenvalue weighted by molar-refractivity contribution is 4.85. The lowest BCUT2D eigenvalue weighted by atomic mass is 9.92. The van der Waals surface area contributed by atoms with Gasteiger partial charge in [-0.3, -0.25) is 0 Å². The lowest BCUT2D eigenvalue weighted by Crippen LogP contribution is -2.54. The highest BCUT2D eigenvalue weighted by Crippen LogP contribution is 2.14. The van der Waals surface area contributed by atoms with E-state index in [0.29, 0.717) is 6.04 Å². The van der Waals surface area contributed by atoms with Crippen molar-refractivity contribution >= 4 is 0 Å². The van der Waals surface area contributed by atoms with Crippen molar-refractivity contribution in [3.8, 4) is 0 Å². The number of piperidine rings is 1. The molecule has 2 atom stereocenters. The van der Waals surface area contributed by atoms with Crippen molar-refractivity contribution in [1.82, 2.24) is 10.6 Å². The topological polar surface area (TPSA) is 24.1 Å². The van der Waals surface area contributed by atoms with Gasteiger partial charge in [-0.25, -0.2) is 0 Å². The van der Waals surface area contributed by atoms with Crippen LogP contribution in [0.5, 0.6) is 0 Å². The first-order valence-electron chi connectivity index (χ1n) is 4.97. The van der Waals surface area contributed by atoms with Crippen molar-refractivity contribution in [3.05, 3.63) is 0 Å². The van der Waals surface area contributed by atoms with Crippen LogP contribution in [0.25, 0.3) is 0 Å². The first kappa shape index (κ1) is 10.0. The third-order valence-corrected chi connectivity index (χ3v) is 2.45. The van der Waals surface area contributed by atoms with E-state index in [1.807, 2.05) is 0 Å². The second-order valence-corrected chi connectivity index (χ2v) is 4.97. The van der Waals surface area contributed by atoms with Crippen molar-refractivity contribution in [2.75, 3.05) is 13.1 Å². The minimum atomic E-state index is 0.248. The molecule has 0 bridgehead atoms. The summed E-state index contributed by atoms with van der Waals surface area (Å²) in [4.78, 5) is 0. The Bertz CT molecular complexity index is 137. The minimum absolute atomic E-state index is 0.248. The highest BCUT2D eigenvalue weighted by atomic mass is 15.0. The van der Waals surface area contributed by atoms with Gasteiger partial charge >= 0.3 is 0 Å². The molecule has 2 nitrogen and oxygen atoms in total. The van der Waals surface area contributed by atoms with Gasteiger partial charge in [0, 0.05) is 18.1 Å². The Kier molecular flexibility index (Phi) is 3.13. The molecule has 0 unspecified atom stereocenters. The van der Waals surface area contributed by atoms with Gasteiger partial charge in [0.25, 0.3) is 0 Å². The maximum Gasteiger partial charge on any atom is 0.0223 e. The zero-order chi connectivity index (χ0) is 9.19. The molecule has 1 heterocycles. The summed E-state index contributed by atoms with van der Waals surface area (Å²) in [6, 6.07) is 0.652. The van der Waals surface area contributed by atoms with Crippen molar-refractivity contribution in [2.24, 2.45) is 5.92 Å². The van der Waals surface area contributed by atoms with Gasteiger partial charge in [-0.15, -0.1) is 0 Å². The zero-order valence-electron chi connectivity index (χ0n) is 8.78. The summed E-state index contributed by atoms with van der Waals surface area (Å²) in [6.45, 7) is 11.3. The van der Waals surface area contributed by atoms with E-state index in [4.69, 9.17) is 0 Å². The van der Waals surface area contributed by atoms with E-state index in [1.54, 1.807) is 0 Å². The number of rotatable bonds is 1. The van der Waals surface area contributed by atoms with E-state index < -0.39 is 0 Å². The van der Waals surface area contributed by atoms with Crippen LogP contribution in [-0.4, -0.2) is 24.7 Å². The molecule has 0 saturated carbocycles. The van der Waals surface area contributed by atoms with E-state index in [-0.39, 0.29) is 5.54 Å². The second-order valence-electron chi connectivity index (χ2n) is 4.97. The molecule has 0 aromatic carbocycles. The Hall–Kier alpha value is -0.0800. The van der Waals surface area contributed by atoms with Crippen LogP contribution in [0.1, 0.15) is 34.1 Å². The maximum atomic E-state index is 3.65. The van der Waals surface area contributed by atoms with Crippen LogP contribution in [0.4, 0.5) is 0 Å². The Labute approximate surface area is 76.1 Å². The molecule has 2 heteroatoms. The molecule has 0 amide bonds. The first-order valence-corrected chi connectivity index (χ1v) is 4.97. The summed E-state index contributed by atoms with van der Waals surface area (Å²) in [6.07, 6.45) is 1.30. The van der Waals surface area contributed by atoms with Crippen LogP contribution in [0.3, 0.4) is 0 Å². The maximum absolute atomic E-state index is 3.65. The predicted molar refractivity (Wildman–Crippen MR) is 53.3 cm³/mol. The normalized spacial score (nSPS) is 32.0. The fraction of sp³-hybridized carbons (Fsp3) is 1.00. The van der Waals surface area contributed by atoms with Crippen LogP contribution >= 0.6 is 0 Å². The van der Waals surface area contributed by atoms with Gasteiger partial charge in [0.15, 0.2) is 0 Å². The quantitative estimate of drug-likeness (QED) is 0.621. The molecule has 2 N–H and O–H groups in total. The molecular formula is C10H22N2. The van der Waals surface area contributed by atoms with E-state index in [0.717, 1.165) is 12.5 Å². The summed E-state index contributed by atoms with van der Waals surface area (Å²) in [7, 11) is 0. The molecular weight excluding hydrogens is 148 g/mol. The van der Waals surface area contributed by atoms with Gasteiger partial charge in [-0.05, 0) is 39.7 Å². The summed E-state index contributed by atoms with van der Waals surface area (Å²) in [5, 5.41) is 7.07. The van der Waals surface area contributed by atoms with Crippen molar-refractivity contribution in [3.63, 3.8) is 0 Å². The molecule has 1 rings (SSSR count). The predicted octanol–water partition coefficient (Wildman–Crippen LogP) is 1.37. The fourth-order valence-electron chi connectivity index (χ4n) is 1.74. The van der Waals surface area contributed by atoms with Gasteiger partial charge in [0.05, 0.1) is 0 Å². The Morgan fingerprint density at radius 3 is 2.50 bits per heavy atom. The molecule has 1 aliphatic heterocycles. The molecule has 0 aromatic rings. The fourth-order valence-corrected chi connectivity index (χ4v) is 1.74. The third kappa shape index (κ3) is 3.11. The smallest absolute Gasteiger partial charge is 0.0223 e. The molecule has 1 saturated heterocycles. The van der Waals surface area contributed by atoms with Crippen molar-refractivity contribution in [1.29, 1.82) is 0 Å². The lowest BCUT2D eigenvalue weighted by Gasteiger charge is -2.35. The van der Waals surface area contributed by atoms with Crippen molar-refractivity contribution < 1.29 is 0 Å². The average molecular weight is 170 g/mol. The van der Waals surface area contributed by atoms with Crippen LogP contribution in [0, 0.1) is 5.92 Å². The number of hydrogen-bond acceptors (Lipinski definition) is 2. The molecule has 1 fully saturated rings. The molecule has 0 radical (unpaired) electrons. The molecule has 0 aromatic heterocycles. The molecule has 1 aliphatic rings.